The van der Waals surface area contributed by atoms with Crippen LogP contribution in [-0.2, 0) is 9.47 Å². The maximum absolute atomic E-state index is 9.64. The van der Waals surface area contributed by atoms with Crippen molar-refractivity contribution in [3.8, 4) is 12.3 Å². The maximum atomic E-state index is 9.64. The van der Waals surface area contributed by atoms with Crippen LogP contribution in [0, 0.1) is 12.3 Å². The van der Waals surface area contributed by atoms with Gasteiger partial charge in [-0.15, -0.1) is 12.3 Å². The second-order valence-corrected chi connectivity index (χ2v) is 3.96. The quantitative estimate of drug-likeness (QED) is 0.336. The molecule has 0 amide bonds. The lowest BCUT2D eigenvalue weighted by Gasteiger charge is -2.40. The third-order valence-electron chi connectivity index (χ3n) is 2.68. The van der Waals surface area contributed by atoms with Gasteiger partial charge in [0.25, 0.3) is 0 Å². The first-order chi connectivity index (χ1) is 8.11. The van der Waals surface area contributed by atoms with Gasteiger partial charge in [-0.25, -0.2) is 0 Å². The first kappa shape index (κ1) is 14.4. The molecular weight excluding hydrogens is 226 g/mol. The van der Waals surface area contributed by atoms with Crippen LogP contribution in [-0.4, -0.2) is 59.2 Å². The van der Waals surface area contributed by atoms with Crippen molar-refractivity contribution in [3.05, 3.63) is 0 Å². The normalized spacial score (nSPS) is 37.7. The van der Waals surface area contributed by atoms with E-state index in [1.165, 1.54) is 0 Å². The zero-order valence-electron chi connectivity index (χ0n) is 9.53. The zero-order chi connectivity index (χ0) is 12.8. The van der Waals surface area contributed by atoms with Crippen molar-refractivity contribution in [2.75, 3.05) is 13.2 Å². The minimum atomic E-state index is -1.21. The lowest BCUT2D eigenvalue weighted by Crippen LogP contribution is -2.62. The van der Waals surface area contributed by atoms with Crippen molar-refractivity contribution in [3.63, 3.8) is 0 Å². The molecule has 0 aromatic carbocycles. The summed E-state index contributed by atoms with van der Waals surface area (Å²) in [6.07, 6.45) is 2.21. The van der Waals surface area contributed by atoms with Gasteiger partial charge in [-0.3, -0.25) is 0 Å². The van der Waals surface area contributed by atoms with Crippen molar-refractivity contribution in [2.45, 2.75) is 43.5 Å². The number of hydrogen-bond acceptors (Lipinski definition) is 6. The molecule has 1 fully saturated rings. The molecule has 0 saturated carbocycles. The Morgan fingerprint density at radius 3 is 2.65 bits per heavy atom. The van der Waals surface area contributed by atoms with Crippen molar-refractivity contribution < 1.29 is 24.8 Å². The lowest BCUT2D eigenvalue weighted by molar-refractivity contribution is -0.265. The van der Waals surface area contributed by atoms with E-state index in [4.69, 9.17) is 26.7 Å². The van der Waals surface area contributed by atoms with Crippen LogP contribution in [0.1, 0.15) is 12.8 Å². The Morgan fingerprint density at radius 1 is 1.35 bits per heavy atom. The lowest BCUT2D eigenvalue weighted by atomic mass is 9.98. The predicted molar refractivity (Wildman–Crippen MR) is 59.8 cm³/mol. The van der Waals surface area contributed by atoms with E-state index in [2.05, 4.69) is 5.92 Å². The largest absolute Gasteiger partial charge is 0.394 e. The average molecular weight is 245 g/mol. The van der Waals surface area contributed by atoms with Crippen LogP contribution in [0.15, 0.2) is 0 Å². The fraction of sp³-hybridized carbons (Fsp3) is 0.818. The molecule has 0 aromatic rings. The SMILES string of the molecule is C#CCCCO[C@@H]1OC(CO)[C@@H](O)C(O)C1N. The molecule has 1 aliphatic rings. The molecule has 0 spiro atoms. The molecular formula is C11H19NO5. The summed E-state index contributed by atoms with van der Waals surface area (Å²) in [5.41, 5.74) is 5.66. The van der Waals surface area contributed by atoms with E-state index in [0.29, 0.717) is 19.4 Å². The molecule has 6 heteroatoms. The summed E-state index contributed by atoms with van der Waals surface area (Å²) < 4.78 is 10.6. The maximum Gasteiger partial charge on any atom is 0.175 e. The third-order valence-corrected chi connectivity index (χ3v) is 2.68. The Labute approximate surface area is 100 Å². The van der Waals surface area contributed by atoms with Gasteiger partial charge < -0.3 is 30.5 Å². The Morgan fingerprint density at radius 2 is 2.06 bits per heavy atom. The zero-order valence-corrected chi connectivity index (χ0v) is 9.53. The Bertz CT molecular complexity index is 265. The monoisotopic (exact) mass is 245 g/mol. The van der Waals surface area contributed by atoms with E-state index in [1.807, 2.05) is 0 Å². The van der Waals surface area contributed by atoms with Gasteiger partial charge in [0, 0.05) is 6.42 Å². The van der Waals surface area contributed by atoms with Gasteiger partial charge in [-0.1, -0.05) is 0 Å². The van der Waals surface area contributed by atoms with Gasteiger partial charge in [0.1, 0.15) is 18.3 Å². The van der Waals surface area contributed by atoms with Gasteiger partial charge in [0.2, 0.25) is 0 Å². The molecule has 0 aliphatic carbocycles. The van der Waals surface area contributed by atoms with E-state index >= 15 is 0 Å². The number of terminal acetylenes is 1. The first-order valence-electron chi connectivity index (χ1n) is 5.55. The molecule has 3 unspecified atom stereocenters. The van der Waals surface area contributed by atoms with Crippen LogP contribution in [0.25, 0.3) is 0 Å². The molecule has 98 valence electrons. The number of rotatable bonds is 5. The fourth-order valence-electron chi connectivity index (χ4n) is 1.63. The summed E-state index contributed by atoms with van der Waals surface area (Å²) in [4.78, 5) is 0. The molecule has 0 bridgehead atoms. The molecule has 1 saturated heterocycles. The average Bonchev–Trinajstić information content (AvgIpc) is 2.34. The number of nitrogens with two attached hydrogens (primary N) is 1. The van der Waals surface area contributed by atoms with Crippen LogP contribution in [0.5, 0.6) is 0 Å². The van der Waals surface area contributed by atoms with Crippen LogP contribution in [0.3, 0.4) is 0 Å². The van der Waals surface area contributed by atoms with Crippen LogP contribution < -0.4 is 5.73 Å². The van der Waals surface area contributed by atoms with Gasteiger partial charge in [0.05, 0.1) is 19.3 Å². The summed E-state index contributed by atoms with van der Waals surface area (Å²) in [7, 11) is 0. The van der Waals surface area contributed by atoms with E-state index < -0.39 is 37.3 Å². The second-order valence-electron chi connectivity index (χ2n) is 3.96. The highest BCUT2D eigenvalue weighted by atomic mass is 16.7. The smallest absolute Gasteiger partial charge is 0.175 e. The molecule has 1 aliphatic heterocycles. The van der Waals surface area contributed by atoms with Gasteiger partial charge in [-0.2, -0.15) is 0 Å². The topological polar surface area (TPSA) is 105 Å². The number of hydrogen-bond donors (Lipinski definition) is 4. The number of aliphatic hydroxyl groups is 3. The van der Waals surface area contributed by atoms with E-state index in [0.717, 1.165) is 0 Å². The highest BCUT2D eigenvalue weighted by Crippen LogP contribution is 2.20. The molecule has 5 N–H and O–H groups in total. The Hall–Kier alpha value is -0.680. The molecule has 6 nitrogen and oxygen atoms in total. The third kappa shape index (κ3) is 3.64. The number of aliphatic hydroxyl groups excluding tert-OH is 3. The van der Waals surface area contributed by atoms with Crippen LogP contribution >= 0.6 is 0 Å². The Balaban J connectivity index is 2.45. The van der Waals surface area contributed by atoms with Crippen molar-refractivity contribution in [2.24, 2.45) is 5.73 Å². The summed E-state index contributed by atoms with van der Waals surface area (Å²) in [6, 6.07) is -0.848. The highest BCUT2D eigenvalue weighted by Gasteiger charge is 2.42. The predicted octanol–water partition coefficient (Wildman–Crippen LogP) is -1.82. The van der Waals surface area contributed by atoms with E-state index in [-0.39, 0.29) is 0 Å². The second kappa shape index (κ2) is 6.91. The molecule has 0 radical (unpaired) electrons. The summed E-state index contributed by atoms with van der Waals surface area (Å²) in [5.74, 6) is 2.47. The Kier molecular flexibility index (Phi) is 5.85. The van der Waals surface area contributed by atoms with E-state index in [9.17, 15) is 10.2 Å². The standard InChI is InChI=1S/C11H19NO5/c1-2-3-4-5-16-11-8(12)10(15)9(14)7(6-13)17-11/h1,7-11,13-15H,3-6,12H2/t7?,8?,9-,10?,11-/m1/s1. The van der Waals surface area contributed by atoms with Crippen molar-refractivity contribution in [1.29, 1.82) is 0 Å². The summed E-state index contributed by atoms with van der Waals surface area (Å²) in [6.45, 7) is -0.0569. The summed E-state index contributed by atoms with van der Waals surface area (Å²) >= 11 is 0. The van der Waals surface area contributed by atoms with Crippen molar-refractivity contribution in [1.82, 2.24) is 0 Å². The first-order valence-corrected chi connectivity index (χ1v) is 5.55. The summed E-state index contributed by atoms with van der Waals surface area (Å²) in [5, 5.41) is 28.2. The number of ether oxygens (including phenoxy) is 2. The molecule has 17 heavy (non-hydrogen) atoms. The van der Waals surface area contributed by atoms with Crippen molar-refractivity contribution >= 4 is 0 Å². The van der Waals surface area contributed by atoms with Crippen LogP contribution in [0.4, 0.5) is 0 Å². The van der Waals surface area contributed by atoms with Crippen LogP contribution in [0.2, 0.25) is 0 Å². The van der Waals surface area contributed by atoms with Gasteiger partial charge in [-0.05, 0) is 6.42 Å². The molecule has 5 atom stereocenters. The van der Waals surface area contributed by atoms with Gasteiger partial charge >= 0.3 is 0 Å². The highest BCUT2D eigenvalue weighted by molar-refractivity contribution is 4.91. The minimum Gasteiger partial charge on any atom is -0.394 e. The molecule has 1 heterocycles. The van der Waals surface area contributed by atoms with Gasteiger partial charge in [0.15, 0.2) is 6.29 Å². The van der Waals surface area contributed by atoms with E-state index in [1.54, 1.807) is 0 Å². The molecule has 0 aromatic heterocycles. The minimum absolute atomic E-state index is 0.351. The number of unbranched alkanes of at least 4 members (excludes halogenated alkanes) is 1. The fourth-order valence-corrected chi connectivity index (χ4v) is 1.63. The molecule has 1 rings (SSSR count).